The van der Waals surface area contributed by atoms with Gasteiger partial charge in [-0.15, -0.1) is 0 Å². The number of aromatic amines is 2. The van der Waals surface area contributed by atoms with Crippen molar-refractivity contribution in [3.63, 3.8) is 0 Å². The molecule has 8 heterocycles. The summed E-state index contributed by atoms with van der Waals surface area (Å²) < 4.78 is 6.57. The van der Waals surface area contributed by atoms with Gasteiger partial charge < -0.3 is 52.5 Å². The zero-order valence-electron chi connectivity index (χ0n) is 41.0. The molecule has 0 saturated carbocycles. The van der Waals surface area contributed by atoms with E-state index in [0.717, 1.165) is 122 Å². The minimum absolute atomic E-state index is 0. The molecule has 1 amide bonds. The highest BCUT2D eigenvalue weighted by Gasteiger charge is 2.23. The van der Waals surface area contributed by atoms with E-state index in [0.29, 0.717) is 11.3 Å². The number of nitrogens with one attached hydrogen (secondary N) is 3. The molecule has 9 nitrogen and oxygen atoms in total. The van der Waals surface area contributed by atoms with Gasteiger partial charge in [0.25, 0.3) is 5.91 Å². The molecule has 6 aromatic heterocycles. The molecule has 8 bridgehead atoms. The van der Waals surface area contributed by atoms with E-state index in [9.17, 15) is 4.79 Å². The van der Waals surface area contributed by atoms with Crippen molar-refractivity contribution in [2.45, 2.75) is 0 Å². The molecule has 366 valence electrons. The number of halogens is 3. The summed E-state index contributed by atoms with van der Waals surface area (Å²) in [7, 11) is 6.30. The largest absolute Gasteiger partial charge is 1.00 e. The highest BCUT2D eigenvalue weighted by Crippen LogP contribution is 2.39. The van der Waals surface area contributed by atoms with Crippen molar-refractivity contribution in [3.05, 3.63) is 217 Å². The molecular weight excluding hydrogens is 991 g/mol. The molecule has 0 atom stereocenters. The lowest BCUT2D eigenvalue weighted by Gasteiger charge is -2.09. The summed E-state index contributed by atoms with van der Waals surface area (Å²) in [6.07, 6.45) is 15.1. The normalized spacial score (nSPS) is 11.6. The van der Waals surface area contributed by atoms with Gasteiger partial charge in [0, 0.05) is 89.9 Å². The number of anilines is 1. The molecule has 2 aliphatic heterocycles. The van der Waals surface area contributed by atoms with Crippen LogP contribution in [0.5, 0.6) is 0 Å². The van der Waals surface area contributed by atoms with E-state index in [-0.39, 0.29) is 43.1 Å². The summed E-state index contributed by atoms with van der Waals surface area (Å²) in [6.45, 7) is 0. The highest BCUT2D eigenvalue weighted by molar-refractivity contribution is 6.05. The first-order valence-electron chi connectivity index (χ1n) is 24.1. The van der Waals surface area contributed by atoms with E-state index in [1.165, 1.54) is 0 Å². The van der Waals surface area contributed by atoms with E-state index >= 15 is 0 Å². The van der Waals surface area contributed by atoms with Crippen LogP contribution >= 0.6 is 0 Å². The van der Waals surface area contributed by atoms with Gasteiger partial charge in [0.05, 0.1) is 39.5 Å². The van der Waals surface area contributed by atoms with Crippen molar-refractivity contribution >= 4 is 90.7 Å². The number of fused-ring (bicyclic) bond motifs is 11. The Morgan fingerprint density at radius 3 is 1.11 bits per heavy atom. The average Bonchev–Trinajstić information content (AvgIpc) is 4.26. The number of benzene rings is 5. The second-order valence-electron chi connectivity index (χ2n) is 18.6. The van der Waals surface area contributed by atoms with Gasteiger partial charge in [-0.05, 0) is 115 Å². The first-order chi connectivity index (χ1) is 35.3. The fourth-order valence-electron chi connectivity index (χ4n) is 10.6. The minimum atomic E-state index is -0.167. The fourth-order valence-corrected chi connectivity index (χ4v) is 10.6. The number of aryl methyl sites for hydroxylation is 3. The van der Waals surface area contributed by atoms with Crippen LogP contribution in [0.1, 0.15) is 33.1 Å². The summed E-state index contributed by atoms with van der Waals surface area (Å²) in [5, 5.41) is 6.46. The third kappa shape index (κ3) is 9.01. The van der Waals surface area contributed by atoms with Gasteiger partial charge in [-0.1, -0.05) is 66.7 Å². The van der Waals surface area contributed by atoms with Crippen LogP contribution in [0.15, 0.2) is 188 Å². The van der Waals surface area contributed by atoms with Crippen molar-refractivity contribution in [1.29, 1.82) is 0 Å². The number of hydrogen-bond donors (Lipinski definition) is 3. The number of aromatic nitrogens is 7. The van der Waals surface area contributed by atoms with E-state index < -0.39 is 0 Å². The lowest BCUT2D eigenvalue weighted by molar-refractivity contribution is -0.644. The molecule has 75 heavy (non-hydrogen) atoms. The van der Waals surface area contributed by atoms with E-state index in [4.69, 9.17) is 9.97 Å². The van der Waals surface area contributed by atoms with Gasteiger partial charge in [-0.2, -0.15) is 0 Å². The maximum atomic E-state index is 13.3. The van der Waals surface area contributed by atoms with Crippen molar-refractivity contribution in [2.24, 2.45) is 21.1 Å². The van der Waals surface area contributed by atoms with Gasteiger partial charge >= 0.3 is 0 Å². The Balaban J connectivity index is 0.00000214. The third-order valence-corrected chi connectivity index (χ3v) is 14.0. The molecule has 0 spiro atoms. The Kier molecular flexibility index (Phi) is 13.5. The van der Waals surface area contributed by atoms with Crippen LogP contribution in [0.2, 0.25) is 0 Å². The smallest absolute Gasteiger partial charge is 0.255 e. The second-order valence-corrected chi connectivity index (χ2v) is 18.6. The zero-order valence-corrected chi connectivity index (χ0v) is 43.3. The molecule has 5 aromatic carbocycles. The van der Waals surface area contributed by atoms with Crippen molar-refractivity contribution in [1.82, 2.24) is 19.9 Å². The third-order valence-electron chi connectivity index (χ3n) is 14.0. The van der Waals surface area contributed by atoms with Crippen LogP contribution in [0.25, 0.3) is 124 Å². The molecule has 2 aliphatic rings. The molecule has 0 fully saturated rings. The molecule has 12 heteroatoms. The highest BCUT2D eigenvalue weighted by atomic mass is 35.5. The van der Waals surface area contributed by atoms with Crippen molar-refractivity contribution in [3.8, 4) is 44.5 Å². The minimum Gasteiger partial charge on any atom is -1.00 e. The number of pyridine rings is 3. The van der Waals surface area contributed by atoms with Crippen LogP contribution in [0.3, 0.4) is 0 Å². The first kappa shape index (κ1) is 49.8. The Hall–Kier alpha value is -8.73. The maximum absolute atomic E-state index is 13.3. The Morgan fingerprint density at radius 2 is 0.733 bits per heavy atom. The number of para-hydroxylation sites is 3. The van der Waals surface area contributed by atoms with E-state index in [1.54, 1.807) is 0 Å². The summed E-state index contributed by atoms with van der Waals surface area (Å²) in [6, 6.07) is 58.1. The van der Waals surface area contributed by atoms with Gasteiger partial charge in [-0.3, -0.25) is 4.79 Å². The summed E-state index contributed by atoms with van der Waals surface area (Å²) >= 11 is 0. The van der Waals surface area contributed by atoms with Gasteiger partial charge in [0.1, 0.15) is 21.1 Å². The number of rotatable bonds is 6. The van der Waals surface area contributed by atoms with Crippen LogP contribution in [0, 0.1) is 0 Å². The summed E-state index contributed by atoms with van der Waals surface area (Å²) in [4.78, 5) is 32.3. The lowest BCUT2D eigenvalue weighted by Crippen LogP contribution is -3.00. The van der Waals surface area contributed by atoms with Crippen LogP contribution in [-0.2, 0) is 21.1 Å². The van der Waals surface area contributed by atoms with Crippen LogP contribution in [0.4, 0.5) is 5.69 Å². The fraction of sp³-hybridized carbons (Fsp3) is 0.0476. The Morgan fingerprint density at radius 1 is 0.400 bits per heavy atom. The number of carbonyl (C=O) groups excluding carboxylic acids is 1. The quantitative estimate of drug-likeness (QED) is 0.223. The molecule has 11 aromatic rings. The monoisotopic (exact) mass is 1040 g/mol. The van der Waals surface area contributed by atoms with Crippen LogP contribution < -0.4 is 56.2 Å². The van der Waals surface area contributed by atoms with Gasteiger partial charge in [0.2, 0.25) is 16.6 Å². The molecule has 3 N–H and O–H groups in total. The van der Waals surface area contributed by atoms with E-state index in [2.05, 4.69) is 220 Å². The van der Waals surface area contributed by atoms with E-state index in [1.807, 2.05) is 42.5 Å². The first-order valence-corrected chi connectivity index (χ1v) is 24.1. The van der Waals surface area contributed by atoms with Gasteiger partial charge in [0.15, 0.2) is 18.6 Å². The SMILES string of the molecule is C[n+]1cc(-c2c3nc(c(-c4cc5ccccc5[n+](C)c4)c4ccc([nH]4)c(-c4cc5ccccc5[n+](C)c4)c4nc(c(-c5ccc(NC(=O)c6ccccc6)cc5)c5ccc2[nH]5)C=C4)C=C3)cc2ccccc21.[Cl-].[Cl-].[Cl-]. The maximum Gasteiger partial charge on any atom is 0.255 e. The lowest BCUT2D eigenvalue weighted by atomic mass is 10.0. The number of hydrogen-bond acceptors (Lipinski definition) is 3. The number of carbonyl (C=O) groups is 1. The molecule has 0 radical (unpaired) electrons. The summed E-state index contributed by atoms with van der Waals surface area (Å²) in [5.74, 6) is -0.167. The standard InChI is InChI=1S/C63H46N8O.3ClH/c1-69-36-44(33-41-15-7-10-18-56(41)69)60-50-27-25-48(65-50)59(39-21-23-47(24-22-39)64-63(72)40-13-5-4-6-14-40)49-26-28-51(66-49)61(45-34-42-16-8-11-19-57(42)70(2)37-45)53-30-32-55(68-53)62(54-31-29-52(60)67-54)46-35-43-17-9-12-20-58(43)71(3)38-46;;;/h4-38H,1-3H3,(H2-,64,65,66,67,68,72);3*1H/q+2;;;/p-2. The predicted molar refractivity (Wildman–Crippen MR) is 291 cm³/mol. The Bertz CT molecular complexity index is 4230. The van der Waals surface area contributed by atoms with Crippen molar-refractivity contribution < 1.29 is 55.7 Å². The number of nitrogens with zero attached hydrogens (tertiary/aromatic N) is 5. The number of amides is 1. The predicted octanol–water partition coefficient (Wildman–Crippen LogP) is 3.52. The molecule has 0 unspecified atom stereocenters. The second kappa shape index (κ2) is 20.3. The van der Waals surface area contributed by atoms with Crippen molar-refractivity contribution in [2.75, 3.05) is 5.32 Å². The van der Waals surface area contributed by atoms with Gasteiger partial charge in [-0.25, -0.2) is 23.7 Å². The zero-order chi connectivity index (χ0) is 48.5. The average molecular weight is 1040 g/mol. The topological polar surface area (TPSA) is 98.1 Å². The Labute approximate surface area is 451 Å². The summed E-state index contributed by atoms with van der Waals surface area (Å²) in [5.41, 5.74) is 19.5. The van der Waals surface area contributed by atoms with Crippen LogP contribution in [-0.4, -0.2) is 25.8 Å². The molecule has 0 saturated heterocycles. The molecule has 0 aliphatic carbocycles. The number of H-pyrrole nitrogens is 2. The molecule has 13 rings (SSSR count). The molecular formula is C63H47Cl3N8O.